The number of fused-ring (bicyclic) bond motifs is 2. The van der Waals surface area contributed by atoms with Gasteiger partial charge < -0.3 is 10.5 Å². The fourth-order valence-electron chi connectivity index (χ4n) is 3.53. The van der Waals surface area contributed by atoms with E-state index in [4.69, 9.17) is 10.5 Å². The molecule has 0 spiro atoms. The fraction of sp³-hybridized carbons (Fsp3) is 0.833. The Balaban J connectivity index is 2.39. The Morgan fingerprint density at radius 1 is 1.44 bits per heavy atom. The van der Waals surface area contributed by atoms with Gasteiger partial charge in [0.2, 0.25) is 0 Å². The van der Waals surface area contributed by atoms with E-state index in [-0.39, 0.29) is 29.2 Å². The first-order chi connectivity index (χ1) is 7.23. The van der Waals surface area contributed by atoms with Crippen LogP contribution >= 0.6 is 0 Å². The van der Waals surface area contributed by atoms with Crippen LogP contribution in [0.3, 0.4) is 0 Å². The second-order valence-corrected chi connectivity index (χ2v) is 5.75. The van der Waals surface area contributed by atoms with Gasteiger partial charge in [0.1, 0.15) is 6.10 Å². The highest BCUT2D eigenvalue weighted by atomic mass is 16.5. The standard InChI is InChI=1S/C12H19NO3/c1-6(14)16-8-5-7-9(13)10(15)12(8,4)11(7,2)3/h7-9H,5,13H2,1-4H3. The van der Waals surface area contributed by atoms with Crippen molar-refractivity contribution in [3.8, 4) is 0 Å². The highest BCUT2D eigenvalue weighted by Gasteiger charge is 2.71. The van der Waals surface area contributed by atoms with Gasteiger partial charge in [-0.1, -0.05) is 13.8 Å². The lowest BCUT2D eigenvalue weighted by Crippen LogP contribution is -2.48. The van der Waals surface area contributed by atoms with Gasteiger partial charge in [-0.25, -0.2) is 0 Å². The summed E-state index contributed by atoms with van der Waals surface area (Å²) in [5.74, 6) is -0.162. The van der Waals surface area contributed by atoms with Crippen LogP contribution in [0.5, 0.6) is 0 Å². The van der Waals surface area contributed by atoms with Crippen LogP contribution < -0.4 is 5.73 Å². The third-order valence-corrected chi connectivity index (χ3v) is 4.93. The number of esters is 1. The summed E-state index contributed by atoms with van der Waals surface area (Å²) in [5.41, 5.74) is 5.11. The van der Waals surface area contributed by atoms with Gasteiger partial charge >= 0.3 is 5.97 Å². The maximum atomic E-state index is 12.2. The molecular weight excluding hydrogens is 206 g/mol. The first-order valence-corrected chi connectivity index (χ1v) is 5.70. The topological polar surface area (TPSA) is 69.4 Å². The molecule has 4 atom stereocenters. The number of ether oxygens (including phenoxy) is 1. The molecule has 4 heteroatoms. The summed E-state index contributed by atoms with van der Waals surface area (Å²) in [6, 6.07) is -0.396. The fourth-order valence-corrected chi connectivity index (χ4v) is 3.53. The zero-order valence-electron chi connectivity index (χ0n) is 10.2. The summed E-state index contributed by atoms with van der Waals surface area (Å²) in [5, 5.41) is 0. The average molecular weight is 225 g/mol. The molecule has 0 amide bonds. The summed E-state index contributed by atoms with van der Waals surface area (Å²) in [4.78, 5) is 23.2. The van der Waals surface area contributed by atoms with Crippen molar-refractivity contribution in [2.45, 2.75) is 46.3 Å². The van der Waals surface area contributed by atoms with Crippen molar-refractivity contribution in [3.05, 3.63) is 0 Å². The molecule has 4 unspecified atom stereocenters. The largest absolute Gasteiger partial charge is 0.461 e. The molecule has 0 saturated heterocycles. The average Bonchev–Trinajstić information content (AvgIpc) is 2.41. The van der Waals surface area contributed by atoms with Crippen LogP contribution in [0.1, 0.15) is 34.1 Å². The number of rotatable bonds is 1. The second-order valence-electron chi connectivity index (χ2n) is 5.75. The summed E-state index contributed by atoms with van der Waals surface area (Å²) in [6.07, 6.45) is 0.396. The molecule has 2 rings (SSSR count). The van der Waals surface area contributed by atoms with Crippen molar-refractivity contribution >= 4 is 11.8 Å². The zero-order chi connectivity index (χ0) is 12.3. The molecule has 16 heavy (non-hydrogen) atoms. The summed E-state index contributed by atoms with van der Waals surface area (Å²) in [7, 11) is 0. The van der Waals surface area contributed by atoms with E-state index < -0.39 is 11.5 Å². The number of Topliss-reactive ketones (excluding diaryl/α,β-unsaturated/α-hetero) is 1. The quantitative estimate of drug-likeness (QED) is 0.673. The van der Waals surface area contributed by atoms with Gasteiger partial charge in [-0.15, -0.1) is 0 Å². The Hall–Kier alpha value is -0.900. The Labute approximate surface area is 95.5 Å². The molecule has 0 radical (unpaired) electrons. The van der Waals surface area contributed by atoms with E-state index >= 15 is 0 Å². The molecule has 2 aliphatic rings. The normalized spacial score (nSPS) is 44.8. The molecule has 90 valence electrons. The molecule has 2 aliphatic carbocycles. The molecule has 2 N–H and O–H groups in total. The van der Waals surface area contributed by atoms with Crippen molar-refractivity contribution in [2.75, 3.05) is 0 Å². The van der Waals surface area contributed by atoms with E-state index in [1.54, 1.807) is 0 Å². The van der Waals surface area contributed by atoms with E-state index in [1.165, 1.54) is 6.92 Å². The SMILES string of the molecule is CC(=O)OC1CC2C(N)C(=O)C1(C)C2(C)C. The van der Waals surface area contributed by atoms with E-state index in [0.717, 1.165) is 0 Å². The molecule has 2 bridgehead atoms. The summed E-state index contributed by atoms with van der Waals surface area (Å²) in [6.45, 7) is 7.36. The molecule has 0 aliphatic heterocycles. The third kappa shape index (κ3) is 1.08. The highest BCUT2D eigenvalue weighted by Crippen LogP contribution is 2.63. The molecule has 0 heterocycles. The molecule has 2 saturated carbocycles. The summed E-state index contributed by atoms with van der Waals surface area (Å²) >= 11 is 0. The van der Waals surface area contributed by atoms with Gasteiger partial charge in [0, 0.05) is 6.92 Å². The van der Waals surface area contributed by atoms with Crippen molar-refractivity contribution in [1.29, 1.82) is 0 Å². The number of nitrogens with two attached hydrogens (primary N) is 1. The number of carbonyl (C=O) groups excluding carboxylic acids is 2. The first-order valence-electron chi connectivity index (χ1n) is 5.70. The van der Waals surface area contributed by atoms with Gasteiger partial charge in [-0.2, -0.15) is 0 Å². The van der Waals surface area contributed by atoms with Crippen LogP contribution in [0, 0.1) is 16.7 Å². The molecule has 4 nitrogen and oxygen atoms in total. The van der Waals surface area contributed by atoms with E-state index in [2.05, 4.69) is 0 Å². The van der Waals surface area contributed by atoms with Gasteiger partial charge in [-0.3, -0.25) is 9.59 Å². The minimum Gasteiger partial charge on any atom is -0.461 e. The highest BCUT2D eigenvalue weighted by molar-refractivity contribution is 5.95. The van der Waals surface area contributed by atoms with Crippen LogP contribution in [0.2, 0.25) is 0 Å². The van der Waals surface area contributed by atoms with Crippen LogP contribution in [-0.4, -0.2) is 23.9 Å². The Morgan fingerprint density at radius 3 is 2.38 bits per heavy atom. The Morgan fingerprint density at radius 2 is 2.00 bits per heavy atom. The van der Waals surface area contributed by atoms with E-state index in [9.17, 15) is 9.59 Å². The molecule has 0 aromatic rings. The van der Waals surface area contributed by atoms with Crippen molar-refractivity contribution in [2.24, 2.45) is 22.5 Å². The lowest BCUT2D eigenvalue weighted by molar-refractivity contribution is -0.158. The van der Waals surface area contributed by atoms with Gasteiger partial charge in [-0.05, 0) is 24.7 Å². The predicted molar refractivity (Wildman–Crippen MR) is 58.5 cm³/mol. The van der Waals surface area contributed by atoms with Gasteiger partial charge in [0.15, 0.2) is 5.78 Å². The first kappa shape index (κ1) is 11.6. The van der Waals surface area contributed by atoms with E-state index in [0.29, 0.717) is 6.42 Å². The van der Waals surface area contributed by atoms with Crippen LogP contribution in [0.4, 0.5) is 0 Å². The smallest absolute Gasteiger partial charge is 0.302 e. The lowest BCUT2D eigenvalue weighted by Gasteiger charge is -2.36. The van der Waals surface area contributed by atoms with Crippen LogP contribution in [0.15, 0.2) is 0 Å². The zero-order valence-corrected chi connectivity index (χ0v) is 10.2. The van der Waals surface area contributed by atoms with Crippen LogP contribution in [-0.2, 0) is 14.3 Å². The molecule has 2 fully saturated rings. The monoisotopic (exact) mass is 225 g/mol. The Bertz CT molecular complexity index is 363. The molecule has 0 aromatic heterocycles. The minimum absolute atomic E-state index is 0.0417. The maximum absolute atomic E-state index is 12.2. The number of ketones is 1. The van der Waals surface area contributed by atoms with Crippen molar-refractivity contribution < 1.29 is 14.3 Å². The Kier molecular flexibility index (Phi) is 2.22. The van der Waals surface area contributed by atoms with Crippen molar-refractivity contribution in [1.82, 2.24) is 0 Å². The van der Waals surface area contributed by atoms with E-state index in [1.807, 2.05) is 20.8 Å². The minimum atomic E-state index is -0.622. The molecule has 0 aromatic carbocycles. The van der Waals surface area contributed by atoms with Crippen molar-refractivity contribution in [3.63, 3.8) is 0 Å². The maximum Gasteiger partial charge on any atom is 0.302 e. The predicted octanol–water partition coefficient (Wildman–Crippen LogP) is 0.880. The lowest BCUT2D eigenvalue weighted by atomic mass is 9.69. The van der Waals surface area contributed by atoms with Gasteiger partial charge in [0.05, 0.1) is 11.5 Å². The van der Waals surface area contributed by atoms with Crippen LogP contribution in [0.25, 0.3) is 0 Å². The number of hydrogen-bond acceptors (Lipinski definition) is 4. The second kappa shape index (κ2) is 3.06. The number of hydrogen-bond donors (Lipinski definition) is 1. The molecular formula is C12H19NO3. The van der Waals surface area contributed by atoms with Gasteiger partial charge in [0.25, 0.3) is 0 Å². The summed E-state index contributed by atoms with van der Waals surface area (Å²) < 4.78 is 5.29. The number of carbonyl (C=O) groups is 2. The third-order valence-electron chi connectivity index (χ3n) is 4.93.